The quantitative estimate of drug-likeness (QED) is 0.719. The van der Waals surface area contributed by atoms with Crippen LogP contribution in [-0.4, -0.2) is 90.9 Å². The van der Waals surface area contributed by atoms with Crippen LogP contribution >= 0.6 is 0 Å². The minimum Gasteiger partial charge on any atom is -0.464 e. The number of rotatable bonds is 4. The number of anilines is 1. The number of ether oxygens (including phenoxy) is 2. The zero-order valence-corrected chi connectivity index (χ0v) is 16.0. The summed E-state index contributed by atoms with van der Waals surface area (Å²) in [6.07, 6.45) is 5.04. The van der Waals surface area contributed by atoms with E-state index in [9.17, 15) is 9.59 Å². The van der Waals surface area contributed by atoms with Gasteiger partial charge < -0.3 is 19.3 Å². The summed E-state index contributed by atoms with van der Waals surface area (Å²) < 4.78 is 9.81. The fourth-order valence-electron chi connectivity index (χ4n) is 3.66. The molecule has 1 aromatic heterocycles. The van der Waals surface area contributed by atoms with Crippen LogP contribution in [0.2, 0.25) is 0 Å². The number of piperidine rings is 1. The monoisotopic (exact) mass is 377 g/mol. The number of nitrogens with zero attached hydrogens (tertiary/aromatic N) is 5. The van der Waals surface area contributed by atoms with E-state index in [1.165, 1.54) is 13.3 Å². The van der Waals surface area contributed by atoms with Gasteiger partial charge in [0.2, 0.25) is 0 Å². The molecule has 0 aliphatic carbocycles. The number of esters is 1. The van der Waals surface area contributed by atoms with Crippen LogP contribution in [0.3, 0.4) is 0 Å². The van der Waals surface area contributed by atoms with Gasteiger partial charge in [-0.15, -0.1) is 0 Å². The maximum absolute atomic E-state index is 11.9. The van der Waals surface area contributed by atoms with E-state index in [-0.39, 0.29) is 11.8 Å². The second-order valence-corrected chi connectivity index (χ2v) is 6.72. The molecule has 2 saturated heterocycles. The molecular weight excluding hydrogens is 350 g/mol. The summed E-state index contributed by atoms with van der Waals surface area (Å²) in [5.74, 6) is 0.223. The third-order valence-corrected chi connectivity index (χ3v) is 5.09. The molecule has 0 N–H and O–H groups in total. The maximum atomic E-state index is 11.9. The van der Waals surface area contributed by atoms with Crippen LogP contribution in [0.5, 0.6) is 0 Å². The Hall–Kier alpha value is -2.42. The smallest absolute Gasteiger partial charge is 0.409 e. The molecule has 2 fully saturated rings. The van der Waals surface area contributed by atoms with Crippen molar-refractivity contribution < 1.29 is 19.1 Å². The molecule has 3 rings (SSSR count). The van der Waals surface area contributed by atoms with Crippen molar-refractivity contribution in [1.29, 1.82) is 0 Å². The highest BCUT2D eigenvalue weighted by atomic mass is 16.6. The van der Waals surface area contributed by atoms with Crippen LogP contribution in [-0.2, 0) is 9.47 Å². The van der Waals surface area contributed by atoms with Crippen LogP contribution < -0.4 is 4.90 Å². The highest BCUT2D eigenvalue weighted by molar-refractivity contribution is 5.87. The number of amides is 1. The lowest BCUT2D eigenvalue weighted by Gasteiger charge is -2.43. The van der Waals surface area contributed by atoms with Gasteiger partial charge in [-0.2, -0.15) is 0 Å². The lowest BCUT2D eigenvalue weighted by molar-refractivity contribution is 0.0591. The van der Waals surface area contributed by atoms with Gasteiger partial charge in [0.25, 0.3) is 0 Å². The normalized spacial score (nSPS) is 21.0. The lowest BCUT2D eigenvalue weighted by atomic mass is 10.0. The van der Waals surface area contributed by atoms with Crippen molar-refractivity contribution in [1.82, 2.24) is 19.8 Å². The molecule has 27 heavy (non-hydrogen) atoms. The van der Waals surface area contributed by atoms with Crippen molar-refractivity contribution >= 4 is 17.9 Å². The van der Waals surface area contributed by atoms with Crippen LogP contribution in [0, 0.1) is 0 Å². The Morgan fingerprint density at radius 1 is 1.19 bits per heavy atom. The molecule has 2 aliphatic heterocycles. The fraction of sp³-hybridized carbons (Fsp3) is 0.667. The number of aromatic nitrogens is 2. The lowest BCUT2D eigenvalue weighted by Crippen LogP contribution is -2.56. The second-order valence-electron chi connectivity index (χ2n) is 6.72. The minimum atomic E-state index is -0.479. The van der Waals surface area contributed by atoms with Gasteiger partial charge >= 0.3 is 12.1 Å². The maximum Gasteiger partial charge on any atom is 0.409 e. The van der Waals surface area contributed by atoms with Crippen molar-refractivity contribution in [2.24, 2.45) is 0 Å². The highest BCUT2D eigenvalue weighted by Crippen LogP contribution is 2.22. The largest absolute Gasteiger partial charge is 0.464 e. The number of hydrogen-bond acceptors (Lipinski definition) is 8. The summed E-state index contributed by atoms with van der Waals surface area (Å²) in [4.78, 5) is 38.5. The molecule has 0 unspecified atom stereocenters. The zero-order chi connectivity index (χ0) is 19.2. The number of piperazine rings is 1. The average Bonchev–Trinajstić information content (AvgIpc) is 2.73. The van der Waals surface area contributed by atoms with Gasteiger partial charge in [-0.05, 0) is 19.8 Å². The fourth-order valence-corrected chi connectivity index (χ4v) is 3.66. The topological polar surface area (TPSA) is 88.1 Å². The van der Waals surface area contributed by atoms with Gasteiger partial charge in [-0.1, -0.05) is 0 Å². The molecule has 3 heterocycles. The zero-order valence-electron chi connectivity index (χ0n) is 16.0. The van der Waals surface area contributed by atoms with Crippen molar-refractivity contribution in [3.8, 4) is 0 Å². The Morgan fingerprint density at radius 2 is 1.96 bits per heavy atom. The molecule has 1 amide bonds. The summed E-state index contributed by atoms with van der Waals surface area (Å²) in [5, 5.41) is 0. The summed E-state index contributed by atoms with van der Waals surface area (Å²) in [5.41, 5.74) is 0.222. The molecule has 0 spiro atoms. The molecule has 0 saturated carbocycles. The summed E-state index contributed by atoms with van der Waals surface area (Å²) in [6, 6.07) is 0.395. The van der Waals surface area contributed by atoms with Gasteiger partial charge in [-0.3, -0.25) is 9.88 Å². The Balaban J connectivity index is 1.59. The first kappa shape index (κ1) is 19.3. The molecule has 1 aromatic rings. The van der Waals surface area contributed by atoms with E-state index in [1.807, 2.05) is 6.92 Å². The van der Waals surface area contributed by atoms with Crippen molar-refractivity contribution in [2.45, 2.75) is 25.8 Å². The number of carbonyl (C=O) groups excluding carboxylic acids is 2. The molecule has 2 aliphatic rings. The van der Waals surface area contributed by atoms with Gasteiger partial charge in [0.05, 0.1) is 26.1 Å². The second kappa shape index (κ2) is 8.98. The van der Waals surface area contributed by atoms with Crippen LogP contribution in [0.25, 0.3) is 0 Å². The van der Waals surface area contributed by atoms with Gasteiger partial charge in [0.15, 0.2) is 5.69 Å². The minimum absolute atomic E-state index is 0.222. The average molecular weight is 377 g/mol. The summed E-state index contributed by atoms with van der Waals surface area (Å²) in [6.45, 7) is 7.00. The standard InChI is InChI=1S/C18H27N5O4/c1-3-27-18(25)22-9-7-21(8-10-22)14-5-4-6-23(13-14)16-12-19-11-15(20-16)17(24)26-2/h11-12,14H,3-10,13H2,1-2H3/t14-/m0/s1. The number of carbonyl (C=O) groups is 2. The molecule has 1 atom stereocenters. The van der Waals surface area contributed by atoms with Crippen molar-refractivity contribution in [3.05, 3.63) is 18.1 Å². The summed E-state index contributed by atoms with van der Waals surface area (Å²) in [7, 11) is 1.34. The molecule has 9 heteroatoms. The Bertz CT molecular complexity index is 663. The SMILES string of the molecule is CCOC(=O)N1CCN([C@H]2CCCN(c3cncc(C(=O)OC)n3)C2)CC1. The predicted octanol–water partition coefficient (Wildman–Crippen LogP) is 1.01. The highest BCUT2D eigenvalue weighted by Gasteiger charge is 2.30. The van der Waals surface area contributed by atoms with Crippen LogP contribution in [0.15, 0.2) is 12.4 Å². The van der Waals surface area contributed by atoms with E-state index in [2.05, 4.69) is 19.8 Å². The van der Waals surface area contributed by atoms with Crippen LogP contribution in [0.1, 0.15) is 30.3 Å². The van der Waals surface area contributed by atoms with E-state index in [4.69, 9.17) is 9.47 Å². The number of methoxy groups -OCH3 is 1. The van der Waals surface area contributed by atoms with Gasteiger partial charge in [-0.25, -0.2) is 14.6 Å². The summed E-state index contributed by atoms with van der Waals surface area (Å²) >= 11 is 0. The van der Waals surface area contributed by atoms with E-state index in [0.717, 1.165) is 39.0 Å². The Labute approximate surface area is 159 Å². The van der Waals surface area contributed by atoms with Gasteiger partial charge in [0.1, 0.15) is 5.82 Å². The molecule has 9 nitrogen and oxygen atoms in total. The number of hydrogen-bond donors (Lipinski definition) is 0. The molecule has 0 bridgehead atoms. The first-order chi connectivity index (χ1) is 13.1. The molecule has 148 valence electrons. The van der Waals surface area contributed by atoms with E-state index in [1.54, 1.807) is 11.1 Å². The third-order valence-electron chi connectivity index (χ3n) is 5.09. The first-order valence-electron chi connectivity index (χ1n) is 9.43. The molecule has 0 aromatic carbocycles. The molecular formula is C18H27N5O4. The van der Waals surface area contributed by atoms with Crippen molar-refractivity contribution in [3.63, 3.8) is 0 Å². The third kappa shape index (κ3) is 4.65. The predicted molar refractivity (Wildman–Crippen MR) is 98.8 cm³/mol. The van der Waals surface area contributed by atoms with E-state index < -0.39 is 5.97 Å². The van der Waals surface area contributed by atoms with E-state index in [0.29, 0.717) is 31.6 Å². The van der Waals surface area contributed by atoms with E-state index >= 15 is 0 Å². The van der Waals surface area contributed by atoms with Crippen LogP contribution in [0.4, 0.5) is 10.6 Å². The molecule has 0 radical (unpaired) electrons. The Kier molecular flexibility index (Phi) is 6.44. The Morgan fingerprint density at radius 3 is 2.67 bits per heavy atom. The van der Waals surface area contributed by atoms with Gasteiger partial charge in [0, 0.05) is 45.3 Å². The van der Waals surface area contributed by atoms with Crippen molar-refractivity contribution in [2.75, 3.05) is 57.9 Å². The first-order valence-corrected chi connectivity index (χ1v) is 9.43.